The van der Waals surface area contributed by atoms with Crippen LogP contribution in [0.15, 0.2) is 24.4 Å². The summed E-state index contributed by atoms with van der Waals surface area (Å²) in [5.41, 5.74) is 4.33. The molecule has 0 saturated heterocycles. The first-order valence-electron chi connectivity index (χ1n) is 6.98. The number of nitrogens with one attached hydrogen (secondary N) is 1. The Labute approximate surface area is 103 Å². The van der Waals surface area contributed by atoms with Gasteiger partial charge in [0.25, 0.3) is 0 Å². The smallest absolute Gasteiger partial charge is 0.0457 e. The third-order valence-electron chi connectivity index (χ3n) is 4.23. The lowest BCUT2D eigenvalue weighted by Crippen LogP contribution is -2.03. The van der Waals surface area contributed by atoms with Crippen molar-refractivity contribution in [3.05, 3.63) is 35.5 Å². The van der Waals surface area contributed by atoms with Gasteiger partial charge in [-0.05, 0) is 48.4 Å². The van der Waals surface area contributed by atoms with Crippen molar-refractivity contribution in [3.63, 3.8) is 0 Å². The van der Waals surface area contributed by atoms with Crippen molar-refractivity contribution in [2.45, 2.75) is 51.4 Å². The molecule has 0 unspecified atom stereocenters. The van der Waals surface area contributed by atoms with Gasteiger partial charge in [-0.2, -0.15) is 0 Å². The molecule has 1 aliphatic carbocycles. The van der Waals surface area contributed by atoms with E-state index in [-0.39, 0.29) is 0 Å². The first-order valence-corrected chi connectivity index (χ1v) is 6.98. The van der Waals surface area contributed by atoms with Crippen molar-refractivity contribution >= 4 is 10.9 Å². The molecule has 1 nitrogen and oxygen atoms in total. The van der Waals surface area contributed by atoms with Crippen LogP contribution in [0.1, 0.15) is 56.1 Å². The average Bonchev–Trinajstić information content (AvgIpc) is 2.82. The molecule has 3 rings (SSSR count). The van der Waals surface area contributed by atoms with Gasteiger partial charge in [-0.15, -0.1) is 0 Å². The maximum atomic E-state index is 3.44. The van der Waals surface area contributed by atoms with Crippen LogP contribution >= 0.6 is 0 Å². The van der Waals surface area contributed by atoms with Crippen molar-refractivity contribution in [2.75, 3.05) is 0 Å². The van der Waals surface area contributed by atoms with Crippen LogP contribution in [0.5, 0.6) is 0 Å². The lowest BCUT2D eigenvalue weighted by atomic mass is 9.84. The molecule has 0 radical (unpaired) electrons. The van der Waals surface area contributed by atoms with Gasteiger partial charge in [-0.25, -0.2) is 0 Å². The number of hydrogen-bond acceptors (Lipinski definition) is 0. The molecule has 1 aliphatic rings. The molecule has 1 heteroatoms. The highest BCUT2D eigenvalue weighted by atomic mass is 14.7. The van der Waals surface area contributed by atoms with E-state index < -0.39 is 0 Å². The van der Waals surface area contributed by atoms with E-state index in [4.69, 9.17) is 0 Å². The molecule has 0 amide bonds. The fraction of sp³-hybridized carbons (Fsp3) is 0.500. The standard InChI is InChI=1S/C16H21N/c1-2-12-8-9-16-14(10-12)15(11-17-16)13-6-4-3-5-7-13/h8-11,13,17H,2-7H2,1H3. The Morgan fingerprint density at radius 1 is 1.18 bits per heavy atom. The molecule has 1 fully saturated rings. The van der Waals surface area contributed by atoms with Crippen LogP contribution in [0, 0.1) is 0 Å². The van der Waals surface area contributed by atoms with E-state index in [0.717, 1.165) is 12.3 Å². The molecule has 2 aromatic rings. The van der Waals surface area contributed by atoms with Gasteiger partial charge in [-0.1, -0.05) is 32.3 Å². The fourth-order valence-electron chi connectivity index (χ4n) is 3.16. The van der Waals surface area contributed by atoms with Gasteiger partial charge in [0.15, 0.2) is 0 Å². The van der Waals surface area contributed by atoms with Gasteiger partial charge in [-0.3, -0.25) is 0 Å². The van der Waals surface area contributed by atoms with Crippen LogP contribution in [0.4, 0.5) is 0 Å². The normalized spacial score (nSPS) is 17.7. The summed E-state index contributed by atoms with van der Waals surface area (Å²) in [5.74, 6) is 0.796. The zero-order valence-corrected chi connectivity index (χ0v) is 10.6. The maximum Gasteiger partial charge on any atom is 0.0457 e. The lowest BCUT2D eigenvalue weighted by Gasteiger charge is -2.21. The van der Waals surface area contributed by atoms with Crippen LogP contribution in [0.3, 0.4) is 0 Å². The Balaban J connectivity index is 2.02. The monoisotopic (exact) mass is 227 g/mol. The zero-order valence-electron chi connectivity index (χ0n) is 10.6. The van der Waals surface area contributed by atoms with E-state index in [9.17, 15) is 0 Å². The van der Waals surface area contributed by atoms with Crippen molar-refractivity contribution in [1.82, 2.24) is 4.98 Å². The molecule has 0 bridgehead atoms. The Bertz CT molecular complexity index is 503. The van der Waals surface area contributed by atoms with Crippen LogP contribution in [0.25, 0.3) is 10.9 Å². The van der Waals surface area contributed by atoms with Crippen molar-refractivity contribution in [1.29, 1.82) is 0 Å². The van der Waals surface area contributed by atoms with Gasteiger partial charge in [0, 0.05) is 17.1 Å². The summed E-state index contributed by atoms with van der Waals surface area (Å²) in [7, 11) is 0. The van der Waals surface area contributed by atoms with Crippen LogP contribution < -0.4 is 0 Å². The highest BCUT2D eigenvalue weighted by molar-refractivity contribution is 5.84. The van der Waals surface area contributed by atoms with Crippen molar-refractivity contribution < 1.29 is 0 Å². The summed E-state index contributed by atoms with van der Waals surface area (Å²) < 4.78 is 0. The number of benzene rings is 1. The molecule has 1 aromatic carbocycles. The van der Waals surface area contributed by atoms with Crippen LogP contribution in [0.2, 0.25) is 0 Å². The molecular formula is C16H21N. The predicted octanol–water partition coefficient (Wildman–Crippen LogP) is 4.78. The summed E-state index contributed by atoms with van der Waals surface area (Å²) in [6, 6.07) is 6.86. The van der Waals surface area contributed by atoms with E-state index >= 15 is 0 Å². The largest absolute Gasteiger partial charge is 0.361 e. The Morgan fingerprint density at radius 3 is 2.76 bits per heavy atom. The quantitative estimate of drug-likeness (QED) is 0.760. The number of aromatic nitrogens is 1. The van der Waals surface area contributed by atoms with E-state index in [1.165, 1.54) is 48.6 Å². The lowest BCUT2D eigenvalue weighted by molar-refractivity contribution is 0.445. The Morgan fingerprint density at radius 2 is 2.00 bits per heavy atom. The summed E-state index contributed by atoms with van der Waals surface area (Å²) in [4.78, 5) is 3.44. The van der Waals surface area contributed by atoms with E-state index in [1.54, 1.807) is 5.56 Å². The van der Waals surface area contributed by atoms with Gasteiger partial charge in [0.2, 0.25) is 0 Å². The molecule has 0 aliphatic heterocycles. The molecule has 17 heavy (non-hydrogen) atoms. The second kappa shape index (κ2) is 4.56. The molecule has 1 saturated carbocycles. The number of hydrogen-bond donors (Lipinski definition) is 1. The zero-order chi connectivity index (χ0) is 11.7. The Kier molecular flexibility index (Phi) is 2.92. The second-order valence-electron chi connectivity index (χ2n) is 5.31. The van der Waals surface area contributed by atoms with E-state index in [2.05, 4.69) is 36.3 Å². The fourth-order valence-corrected chi connectivity index (χ4v) is 3.16. The number of H-pyrrole nitrogens is 1. The minimum Gasteiger partial charge on any atom is -0.361 e. The molecule has 90 valence electrons. The second-order valence-corrected chi connectivity index (χ2v) is 5.31. The summed E-state index contributed by atoms with van der Waals surface area (Å²) in [5, 5.41) is 1.47. The number of fused-ring (bicyclic) bond motifs is 1. The van der Waals surface area contributed by atoms with E-state index in [0.29, 0.717) is 0 Å². The minimum atomic E-state index is 0.796. The highest BCUT2D eigenvalue weighted by Crippen LogP contribution is 2.36. The first kappa shape index (κ1) is 10.9. The van der Waals surface area contributed by atoms with Gasteiger partial charge < -0.3 is 4.98 Å². The van der Waals surface area contributed by atoms with Gasteiger partial charge >= 0.3 is 0 Å². The molecule has 1 aromatic heterocycles. The number of rotatable bonds is 2. The third kappa shape index (κ3) is 1.99. The highest BCUT2D eigenvalue weighted by Gasteiger charge is 2.18. The molecular weight excluding hydrogens is 206 g/mol. The van der Waals surface area contributed by atoms with Gasteiger partial charge in [0.1, 0.15) is 0 Å². The SMILES string of the molecule is CCc1ccc2[nH]cc(C3CCCCC3)c2c1. The summed E-state index contributed by atoms with van der Waals surface area (Å²) in [6.45, 7) is 2.23. The van der Waals surface area contributed by atoms with Crippen LogP contribution in [-0.4, -0.2) is 4.98 Å². The summed E-state index contributed by atoms with van der Waals surface area (Å²) in [6.07, 6.45) is 10.4. The minimum absolute atomic E-state index is 0.796. The predicted molar refractivity (Wildman–Crippen MR) is 73.5 cm³/mol. The molecule has 1 N–H and O–H groups in total. The molecule has 0 spiro atoms. The number of aromatic amines is 1. The topological polar surface area (TPSA) is 15.8 Å². The van der Waals surface area contributed by atoms with Crippen LogP contribution in [-0.2, 0) is 6.42 Å². The van der Waals surface area contributed by atoms with E-state index in [1.807, 2.05) is 0 Å². The van der Waals surface area contributed by atoms with Crippen molar-refractivity contribution in [2.24, 2.45) is 0 Å². The van der Waals surface area contributed by atoms with Crippen molar-refractivity contribution in [3.8, 4) is 0 Å². The van der Waals surface area contributed by atoms with Gasteiger partial charge in [0.05, 0.1) is 0 Å². The molecule has 0 atom stereocenters. The maximum absolute atomic E-state index is 3.44. The third-order valence-corrected chi connectivity index (χ3v) is 4.23. The Hall–Kier alpha value is -1.24. The average molecular weight is 227 g/mol. The summed E-state index contributed by atoms with van der Waals surface area (Å²) >= 11 is 0. The number of aryl methyl sites for hydroxylation is 1. The first-order chi connectivity index (χ1) is 8.38. The molecule has 1 heterocycles.